The number of nitrogens with zero attached hydrogens (tertiary/aromatic N) is 2. The highest BCUT2D eigenvalue weighted by Gasteiger charge is 2.46. The zero-order valence-electron chi connectivity index (χ0n) is 20.7. The summed E-state index contributed by atoms with van der Waals surface area (Å²) in [5.41, 5.74) is 0.567. The van der Waals surface area contributed by atoms with Gasteiger partial charge in [-0.1, -0.05) is 26.0 Å². The highest BCUT2D eigenvalue weighted by molar-refractivity contribution is 14.1. The first-order valence-electron chi connectivity index (χ1n) is 12.2. The normalized spacial score (nSPS) is 19.2. The van der Waals surface area contributed by atoms with E-state index in [0.29, 0.717) is 21.5 Å². The van der Waals surface area contributed by atoms with E-state index in [2.05, 4.69) is 15.5 Å². The van der Waals surface area contributed by atoms with Crippen molar-refractivity contribution in [2.75, 3.05) is 44.8 Å². The fourth-order valence-electron chi connectivity index (χ4n) is 4.37. The number of imide groups is 1. The molecule has 2 heterocycles. The Balaban J connectivity index is 1.40. The standard InChI is InChI=1S/C26H30FIN4O5/c1-16(2)23(24(33)29-21-8-5-18(28)15-20(21)27)32-25(34)22(30-26(32)35)17-3-6-19(7-4-17)37-14-11-31-9-12-36-13-10-31/h3-8,15-16,22-23H,9-14H2,1-2H3,(H,29,33)(H,30,35). The lowest BCUT2D eigenvalue weighted by molar-refractivity contribution is -0.135. The van der Waals surface area contributed by atoms with Crippen molar-refractivity contribution in [3.63, 3.8) is 0 Å². The smallest absolute Gasteiger partial charge is 0.325 e. The Labute approximate surface area is 228 Å². The number of ether oxygens (including phenoxy) is 2. The molecule has 2 aromatic rings. The zero-order valence-corrected chi connectivity index (χ0v) is 22.9. The number of hydrogen-bond donors (Lipinski definition) is 2. The van der Waals surface area contributed by atoms with Crippen LogP contribution < -0.4 is 15.4 Å². The van der Waals surface area contributed by atoms with Gasteiger partial charge in [0.2, 0.25) is 5.91 Å². The van der Waals surface area contributed by atoms with Crippen LogP contribution in [0.2, 0.25) is 0 Å². The number of halogens is 2. The molecule has 2 N–H and O–H groups in total. The number of nitrogens with one attached hydrogen (secondary N) is 2. The zero-order chi connectivity index (χ0) is 26.5. The van der Waals surface area contributed by atoms with Crippen LogP contribution in [0, 0.1) is 15.3 Å². The predicted octanol–water partition coefficient (Wildman–Crippen LogP) is 3.40. The maximum absolute atomic E-state index is 14.3. The van der Waals surface area contributed by atoms with Crippen molar-refractivity contribution >= 4 is 46.1 Å². The number of morpholine rings is 1. The van der Waals surface area contributed by atoms with Crippen LogP contribution in [-0.2, 0) is 14.3 Å². The van der Waals surface area contributed by atoms with Gasteiger partial charge in [-0.05, 0) is 64.4 Å². The van der Waals surface area contributed by atoms with Crippen LogP contribution in [0.15, 0.2) is 42.5 Å². The van der Waals surface area contributed by atoms with Crippen LogP contribution in [0.1, 0.15) is 25.5 Å². The first-order chi connectivity index (χ1) is 17.7. The van der Waals surface area contributed by atoms with Gasteiger partial charge in [0.05, 0.1) is 18.9 Å². The Morgan fingerprint density at radius 1 is 1.19 bits per heavy atom. The molecule has 2 atom stereocenters. The molecule has 0 bridgehead atoms. The van der Waals surface area contributed by atoms with Gasteiger partial charge >= 0.3 is 6.03 Å². The van der Waals surface area contributed by atoms with Crippen LogP contribution in [0.25, 0.3) is 0 Å². The quantitative estimate of drug-likeness (QED) is 0.328. The number of hydrogen-bond acceptors (Lipinski definition) is 6. The third kappa shape index (κ3) is 6.57. The molecule has 11 heteroatoms. The van der Waals surface area contributed by atoms with E-state index in [0.717, 1.165) is 37.7 Å². The van der Waals surface area contributed by atoms with Crippen molar-refractivity contribution < 1.29 is 28.2 Å². The lowest BCUT2D eigenvalue weighted by atomic mass is 10.0. The minimum atomic E-state index is -1.11. The minimum Gasteiger partial charge on any atom is -0.492 e. The lowest BCUT2D eigenvalue weighted by Crippen LogP contribution is -2.50. The molecule has 2 aliphatic rings. The predicted molar refractivity (Wildman–Crippen MR) is 144 cm³/mol. The van der Waals surface area contributed by atoms with Crippen LogP contribution in [-0.4, -0.2) is 73.1 Å². The van der Waals surface area contributed by atoms with Crippen LogP contribution in [0.3, 0.4) is 0 Å². The summed E-state index contributed by atoms with van der Waals surface area (Å²) in [7, 11) is 0. The Hall–Kier alpha value is -2.77. The number of carbonyl (C=O) groups excluding carboxylic acids is 3. The van der Waals surface area contributed by atoms with E-state index in [1.807, 2.05) is 22.6 Å². The molecule has 2 fully saturated rings. The molecule has 9 nitrogen and oxygen atoms in total. The van der Waals surface area contributed by atoms with Crippen molar-refractivity contribution in [3.05, 3.63) is 57.4 Å². The molecule has 37 heavy (non-hydrogen) atoms. The molecule has 2 saturated heterocycles. The first kappa shape index (κ1) is 27.3. The summed E-state index contributed by atoms with van der Waals surface area (Å²) in [5.74, 6) is -1.51. The van der Waals surface area contributed by atoms with Crippen molar-refractivity contribution in [2.45, 2.75) is 25.9 Å². The molecule has 4 amide bonds. The Bertz CT molecular complexity index is 1140. The van der Waals surface area contributed by atoms with Crippen LogP contribution in [0.4, 0.5) is 14.9 Å². The summed E-state index contributed by atoms with van der Waals surface area (Å²) < 4.78 is 26.1. The van der Waals surface area contributed by atoms with E-state index >= 15 is 0 Å². The number of anilines is 1. The molecule has 2 aliphatic heterocycles. The summed E-state index contributed by atoms with van der Waals surface area (Å²) in [6.45, 7) is 8.01. The molecule has 0 aliphatic carbocycles. The molecular weight excluding hydrogens is 594 g/mol. The van der Waals surface area contributed by atoms with E-state index in [9.17, 15) is 18.8 Å². The summed E-state index contributed by atoms with van der Waals surface area (Å²) >= 11 is 1.97. The molecule has 0 aromatic heterocycles. The molecule has 0 spiro atoms. The summed E-state index contributed by atoms with van der Waals surface area (Å²) in [6.07, 6.45) is 0. The topological polar surface area (TPSA) is 100 Å². The van der Waals surface area contributed by atoms with Gasteiger partial charge in [0.1, 0.15) is 30.3 Å². The second-order valence-corrected chi connectivity index (χ2v) is 10.5. The van der Waals surface area contributed by atoms with Gasteiger partial charge < -0.3 is 20.1 Å². The molecule has 2 unspecified atom stereocenters. The average Bonchev–Trinajstić information content (AvgIpc) is 3.16. The molecule has 198 valence electrons. The summed E-state index contributed by atoms with van der Waals surface area (Å²) in [6, 6.07) is 8.64. The number of carbonyl (C=O) groups is 3. The van der Waals surface area contributed by atoms with E-state index in [4.69, 9.17) is 9.47 Å². The third-order valence-corrected chi connectivity index (χ3v) is 7.00. The van der Waals surface area contributed by atoms with E-state index in [1.165, 1.54) is 12.1 Å². The second-order valence-electron chi connectivity index (χ2n) is 9.26. The summed E-state index contributed by atoms with van der Waals surface area (Å²) in [4.78, 5) is 42.4. The molecular formula is C26H30FIN4O5. The lowest BCUT2D eigenvalue weighted by Gasteiger charge is -2.27. The SMILES string of the molecule is CC(C)C(C(=O)Nc1ccc(I)cc1F)N1C(=O)NC(c2ccc(OCCN3CCOCC3)cc2)C1=O. The van der Waals surface area contributed by atoms with Gasteiger partial charge in [0, 0.05) is 23.2 Å². The van der Waals surface area contributed by atoms with Crippen molar-refractivity contribution in [1.29, 1.82) is 0 Å². The van der Waals surface area contributed by atoms with Gasteiger partial charge in [0.15, 0.2) is 0 Å². The maximum Gasteiger partial charge on any atom is 0.325 e. The first-order valence-corrected chi connectivity index (χ1v) is 13.2. The Kier molecular flexibility index (Phi) is 8.98. The molecule has 0 saturated carbocycles. The van der Waals surface area contributed by atoms with E-state index in [1.54, 1.807) is 44.2 Å². The van der Waals surface area contributed by atoms with Crippen molar-refractivity contribution in [2.24, 2.45) is 5.92 Å². The minimum absolute atomic E-state index is 0.0103. The Morgan fingerprint density at radius 2 is 1.89 bits per heavy atom. The van der Waals surface area contributed by atoms with Gasteiger partial charge in [-0.2, -0.15) is 0 Å². The molecule has 2 aromatic carbocycles. The average molecular weight is 624 g/mol. The van der Waals surface area contributed by atoms with Gasteiger partial charge in [-0.15, -0.1) is 0 Å². The highest BCUT2D eigenvalue weighted by atomic mass is 127. The summed E-state index contributed by atoms with van der Waals surface area (Å²) in [5, 5.41) is 5.20. The van der Waals surface area contributed by atoms with Gasteiger partial charge in [-0.25, -0.2) is 14.1 Å². The fraction of sp³-hybridized carbons (Fsp3) is 0.423. The van der Waals surface area contributed by atoms with Crippen molar-refractivity contribution in [3.8, 4) is 5.75 Å². The largest absolute Gasteiger partial charge is 0.492 e. The third-order valence-electron chi connectivity index (χ3n) is 6.33. The monoisotopic (exact) mass is 624 g/mol. The highest BCUT2D eigenvalue weighted by Crippen LogP contribution is 2.28. The number of urea groups is 1. The number of rotatable bonds is 9. The van der Waals surface area contributed by atoms with Crippen LogP contribution >= 0.6 is 22.6 Å². The van der Waals surface area contributed by atoms with Gasteiger partial charge in [-0.3, -0.25) is 14.5 Å². The second kappa shape index (κ2) is 12.2. The maximum atomic E-state index is 14.3. The van der Waals surface area contributed by atoms with Crippen molar-refractivity contribution in [1.82, 2.24) is 15.1 Å². The number of benzene rings is 2. The van der Waals surface area contributed by atoms with Crippen LogP contribution in [0.5, 0.6) is 5.75 Å². The molecule has 0 radical (unpaired) electrons. The van der Waals surface area contributed by atoms with E-state index < -0.39 is 41.7 Å². The van der Waals surface area contributed by atoms with E-state index in [-0.39, 0.29) is 5.69 Å². The number of amides is 4. The molecule has 4 rings (SSSR count). The Morgan fingerprint density at radius 3 is 2.54 bits per heavy atom. The fourth-order valence-corrected chi connectivity index (χ4v) is 4.83. The van der Waals surface area contributed by atoms with Gasteiger partial charge in [0.25, 0.3) is 5.91 Å².